The van der Waals surface area contributed by atoms with Gasteiger partial charge in [-0.05, 0) is 67.1 Å². The van der Waals surface area contributed by atoms with E-state index in [0.717, 1.165) is 22.3 Å². The lowest BCUT2D eigenvalue weighted by molar-refractivity contribution is -0.120. The molecule has 0 aliphatic carbocycles. The average molecular weight is 364 g/mol. The number of fused-ring (bicyclic) bond motifs is 1. The maximum absolute atomic E-state index is 11.1. The average Bonchev–Trinajstić information content (AvgIpc) is 3.01. The fraction of sp³-hybridized carbons (Fsp3) is 0.273. The van der Waals surface area contributed by atoms with Crippen LogP contribution < -0.4 is 11.1 Å². The van der Waals surface area contributed by atoms with Crippen molar-refractivity contribution in [2.24, 2.45) is 5.73 Å². The fourth-order valence-corrected chi connectivity index (χ4v) is 2.67. The molecule has 0 saturated heterocycles. The van der Waals surface area contributed by atoms with Gasteiger partial charge < -0.3 is 16.0 Å². The van der Waals surface area contributed by atoms with Crippen LogP contribution in [0.3, 0.4) is 0 Å². The predicted octanol–water partition coefficient (Wildman–Crippen LogP) is 4.09. The number of nitrogens with two attached hydrogens (primary N) is 1. The number of H-pyrrole nitrogens is 1. The summed E-state index contributed by atoms with van der Waals surface area (Å²) in [5.41, 5.74) is 12.0. The topological polar surface area (TPSA) is 94.8 Å². The van der Waals surface area contributed by atoms with Gasteiger partial charge in [-0.2, -0.15) is 0 Å². The Morgan fingerprint density at radius 3 is 2.44 bits per heavy atom. The number of carbonyl (C=O) groups excluding carboxylic acids is 1. The van der Waals surface area contributed by atoms with Crippen LogP contribution in [-0.4, -0.2) is 16.7 Å². The SMILES string of the molecule is CCC(=O)NCc1ccc2[nH]c(C)cc2c1.Cc1ccc(C(=N)N)cc1C. The van der Waals surface area contributed by atoms with Crippen molar-refractivity contribution in [3.63, 3.8) is 0 Å². The molecule has 3 rings (SSSR count). The van der Waals surface area contributed by atoms with E-state index in [1.807, 2.05) is 52.0 Å². The molecule has 0 radical (unpaired) electrons. The summed E-state index contributed by atoms with van der Waals surface area (Å²) in [6.07, 6.45) is 0.533. The molecular formula is C22H28N4O. The van der Waals surface area contributed by atoms with Crippen LogP contribution in [0, 0.1) is 26.2 Å². The van der Waals surface area contributed by atoms with E-state index in [0.29, 0.717) is 13.0 Å². The molecular weight excluding hydrogens is 336 g/mol. The summed E-state index contributed by atoms with van der Waals surface area (Å²) in [5, 5.41) is 11.2. The molecule has 5 heteroatoms. The van der Waals surface area contributed by atoms with Gasteiger partial charge in [-0.3, -0.25) is 10.2 Å². The first-order chi connectivity index (χ1) is 12.8. The molecule has 5 nitrogen and oxygen atoms in total. The highest BCUT2D eigenvalue weighted by atomic mass is 16.1. The summed E-state index contributed by atoms with van der Waals surface area (Å²) in [7, 11) is 0. The normalized spacial score (nSPS) is 10.2. The van der Waals surface area contributed by atoms with Crippen LogP contribution in [0.15, 0.2) is 42.5 Å². The van der Waals surface area contributed by atoms with E-state index >= 15 is 0 Å². The van der Waals surface area contributed by atoms with Gasteiger partial charge >= 0.3 is 0 Å². The van der Waals surface area contributed by atoms with Gasteiger partial charge in [0, 0.05) is 29.7 Å². The van der Waals surface area contributed by atoms with Crippen LogP contribution in [0.2, 0.25) is 0 Å². The number of rotatable bonds is 4. The zero-order valence-electron chi connectivity index (χ0n) is 16.4. The van der Waals surface area contributed by atoms with E-state index in [-0.39, 0.29) is 11.7 Å². The molecule has 142 valence electrons. The quantitative estimate of drug-likeness (QED) is 0.414. The van der Waals surface area contributed by atoms with E-state index in [9.17, 15) is 4.79 Å². The first-order valence-electron chi connectivity index (χ1n) is 9.06. The number of nitrogens with one attached hydrogen (secondary N) is 3. The predicted molar refractivity (Wildman–Crippen MR) is 112 cm³/mol. The molecule has 0 atom stereocenters. The molecule has 1 heterocycles. The highest BCUT2D eigenvalue weighted by molar-refractivity contribution is 5.95. The highest BCUT2D eigenvalue weighted by Crippen LogP contribution is 2.16. The molecule has 0 aliphatic rings. The molecule has 0 fully saturated rings. The lowest BCUT2D eigenvalue weighted by Gasteiger charge is -2.03. The Morgan fingerprint density at radius 1 is 1.07 bits per heavy atom. The minimum atomic E-state index is 0.0883. The Bertz CT molecular complexity index is 956. The molecule has 0 saturated carbocycles. The molecule has 27 heavy (non-hydrogen) atoms. The number of carbonyl (C=O) groups is 1. The molecule has 3 aromatic rings. The number of benzene rings is 2. The van der Waals surface area contributed by atoms with Gasteiger partial charge in [0.2, 0.25) is 5.91 Å². The third-order valence-corrected chi connectivity index (χ3v) is 4.45. The Morgan fingerprint density at radius 2 is 1.81 bits per heavy atom. The second-order valence-corrected chi connectivity index (χ2v) is 6.72. The largest absolute Gasteiger partial charge is 0.384 e. The number of amidine groups is 1. The molecule has 0 unspecified atom stereocenters. The zero-order valence-corrected chi connectivity index (χ0v) is 16.4. The van der Waals surface area contributed by atoms with E-state index in [1.54, 1.807) is 0 Å². The molecule has 2 aromatic carbocycles. The summed E-state index contributed by atoms with van der Waals surface area (Å²) in [6.45, 7) is 8.56. The van der Waals surface area contributed by atoms with Crippen LogP contribution in [0.25, 0.3) is 10.9 Å². The molecule has 0 aliphatic heterocycles. The Balaban J connectivity index is 0.000000208. The maximum Gasteiger partial charge on any atom is 0.219 e. The summed E-state index contributed by atoms with van der Waals surface area (Å²) in [6, 6.07) is 14.1. The Hall–Kier alpha value is -3.08. The second kappa shape index (κ2) is 9.03. The van der Waals surface area contributed by atoms with E-state index in [2.05, 4.69) is 28.5 Å². The van der Waals surface area contributed by atoms with Gasteiger partial charge in [0.15, 0.2) is 0 Å². The Kier molecular flexibility index (Phi) is 6.77. The number of aryl methyl sites for hydroxylation is 3. The summed E-state index contributed by atoms with van der Waals surface area (Å²) < 4.78 is 0. The van der Waals surface area contributed by atoms with Gasteiger partial charge in [0.1, 0.15) is 5.84 Å². The molecule has 1 amide bonds. The van der Waals surface area contributed by atoms with Crippen molar-refractivity contribution < 1.29 is 4.79 Å². The van der Waals surface area contributed by atoms with Gasteiger partial charge in [-0.25, -0.2) is 0 Å². The number of hydrogen-bond donors (Lipinski definition) is 4. The number of amides is 1. The van der Waals surface area contributed by atoms with Gasteiger partial charge in [0.25, 0.3) is 0 Å². The van der Waals surface area contributed by atoms with Gasteiger partial charge in [-0.15, -0.1) is 0 Å². The van der Waals surface area contributed by atoms with Crippen molar-refractivity contribution in [2.45, 2.75) is 40.7 Å². The van der Waals surface area contributed by atoms with Crippen LogP contribution in [0.4, 0.5) is 0 Å². The van der Waals surface area contributed by atoms with Crippen LogP contribution in [0.1, 0.15) is 41.3 Å². The van der Waals surface area contributed by atoms with Gasteiger partial charge in [-0.1, -0.05) is 25.1 Å². The molecule has 1 aromatic heterocycles. The number of aromatic amines is 1. The monoisotopic (exact) mass is 364 g/mol. The van der Waals surface area contributed by atoms with Crippen molar-refractivity contribution in [2.75, 3.05) is 0 Å². The third-order valence-electron chi connectivity index (χ3n) is 4.45. The van der Waals surface area contributed by atoms with Crippen LogP contribution >= 0.6 is 0 Å². The zero-order chi connectivity index (χ0) is 20.0. The summed E-state index contributed by atoms with van der Waals surface area (Å²) >= 11 is 0. The third kappa shape index (κ3) is 5.71. The van der Waals surface area contributed by atoms with Crippen molar-refractivity contribution in [3.8, 4) is 0 Å². The minimum Gasteiger partial charge on any atom is -0.384 e. The number of hydrogen-bond acceptors (Lipinski definition) is 2. The van der Waals surface area contributed by atoms with Crippen molar-refractivity contribution in [1.29, 1.82) is 5.41 Å². The van der Waals surface area contributed by atoms with Gasteiger partial charge in [0.05, 0.1) is 0 Å². The number of aromatic nitrogens is 1. The lowest BCUT2D eigenvalue weighted by atomic mass is 10.1. The smallest absolute Gasteiger partial charge is 0.219 e. The second-order valence-electron chi connectivity index (χ2n) is 6.72. The first-order valence-corrected chi connectivity index (χ1v) is 9.06. The maximum atomic E-state index is 11.1. The number of nitrogen functional groups attached to an aromatic ring is 1. The van der Waals surface area contributed by atoms with Crippen LogP contribution in [0.5, 0.6) is 0 Å². The van der Waals surface area contributed by atoms with E-state index in [4.69, 9.17) is 11.1 Å². The highest BCUT2D eigenvalue weighted by Gasteiger charge is 2.01. The van der Waals surface area contributed by atoms with E-state index in [1.165, 1.54) is 16.5 Å². The standard InChI is InChI=1S/C13H16N2O.C9H12N2/c1-3-13(16)14-8-10-4-5-12-11(7-10)6-9(2)15-12;1-6-3-4-8(9(10)11)5-7(6)2/h4-7,15H,3,8H2,1-2H3,(H,14,16);3-5H,1-2H3,(H3,10,11). The molecule has 0 bridgehead atoms. The first kappa shape index (κ1) is 20.2. The van der Waals surface area contributed by atoms with Crippen molar-refractivity contribution in [1.82, 2.24) is 10.3 Å². The lowest BCUT2D eigenvalue weighted by Crippen LogP contribution is -2.21. The van der Waals surface area contributed by atoms with Crippen molar-refractivity contribution in [3.05, 3.63) is 70.4 Å². The summed E-state index contributed by atoms with van der Waals surface area (Å²) in [5.74, 6) is 0.221. The fourth-order valence-electron chi connectivity index (χ4n) is 2.67. The molecule has 0 spiro atoms. The Labute approximate surface area is 160 Å². The molecule has 5 N–H and O–H groups in total. The van der Waals surface area contributed by atoms with Crippen molar-refractivity contribution >= 4 is 22.6 Å². The summed E-state index contributed by atoms with van der Waals surface area (Å²) in [4.78, 5) is 14.4. The van der Waals surface area contributed by atoms with E-state index < -0.39 is 0 Å². The minimum absolute atomic E-state index is 0.0883. The van der Waals surface area contributed by atoms with Crippen LogP contribution in [-0.2, 0) is 11.3 Å².